The molecule has 0 amide bonds. The van der Waals surface area contributed by atoms with Gasteiger partial charge in [-0.05, 0) is 25.8 Å². The lowest BCUT2D eigenvalue weighted by atomic mass is 10.1. The maximum absolute atomic E-state index is 5.04. The van der Waals surface area contributed by atoms with Gasteiger partial charge < -0.3 is 10.1 Å². The van der Waals surface area contributed by atoms with Crippen LogP contribution in [0.15, 0.2) is 24.3 Å². The van der Waals surface area contributed by atoms with E-state index in [1.807, 2.05) is 0 Å². The van der Waals surface area contributed by atoms with Crippen molar-refractivity contribution in [3.8, 4) is 0 Å². The van der Waals surface area contributed by atoms with E-state index < -0.39 is 0 Å². The van der Waals surface area contributed by atoms with Gasteiger partial charge in [-0.1, -0.05) is 29.8 Å². The van der Waals surface area contributed by atoms with Gasteiger partial charge in [-0.15, -0.1) is 0 Å². The number of ether oxygens (including phenoxy) is 1. The first kappa shape index (κ1) is 12.2. The first-order valence-electron chi connectivity index (χ1n) is 5.50. The largest absolute Gasteiger partial charge is 0.385 e. The van der Waals surface area contributed by atoms with E-state index in [2.05, 4.69) is 43.4 Å². The van der Waals surface area contributed by atoms with Crippen LogP contribution in [0.25, 0.3) is 0 Å². The van der Waals surface area contributed by atoms with E-state index in [4.69, 9.17) is 4.74 Å². The van der Waals surface area contributed by atoms with Gasteiger partial charge in [-0.25, -0.2) is 0 Å². The molecule has 15 heavy (non-hydrogen) atoms. The highest BCUT2D eigenvalue weighted by molar-refractivity contribution is 5.21. The molecule has 1 atom stereocenters. The molecule has 2 nitrogen and oxygen atoms in total. The first-order valence-corrected chi connectivity index (χ1v) is 5.50. The summed E-state index contributed by atoms with van der Waals surface area (Å²) < 4.78 is 5.04. The van der Waals surface area contributed by atoms with Gasteiger partial charge in [0.2, 0.25) is 0 Å². The standard InChI is InChI=1S/C13H21NO/c1-11-5-4-6-13(9-11)10-14-12(2)7-8-15-3/h4-6,9,12,14H,7-8,10H2,1-3H3. The fourth-order valence-corrected chi connectivity index (χ4v) is 1.51. The van der Waals surface area contributed by atoms with Gasteiger partial charge in [0, 0.05) is 26.3 Å². The summed E-state index contributed by atoms with van der Waals surface area (Å²) >= 11 is 0. The Morgan fingerprint density at radius 2 is 2.20 bits per heavy atom. The average molecular weight is 207 g/mol. The number of nitrogens with one attached hydrogen (secondary N) is 1. The highest BCUT2D eigenvalue weighted by Crippen LogP contribution is 2.04. The summed E-state index contributed by atoms with van der Waals surface area (Å²) in [6.07, 6.45) is 1.06. The molecule has 0 radical (unpaired) electrons. The smallest absolute Gasteiger partial charge is 0.0476 e. The van der Waals surface area contributed by atoms with Crippen LogP contribution in [0.1, 0.15) is 24.5 Å². The summed E-state index contributed by atoms with van der Waals surface area (Å²) in [6.45, 7) is 6.07. The summed E-state index contributed by atoms with van der Waals surface area (Å²) in [5.74, 6) is 0. The second kappa shape index (κ2) is 6.59. The van der Waals surface area contributed by atoms with Crippen LogP contribution in [0.5, 0.6) is 0 Å². The predicted molar refractivity (Wildman–Crippen MR) is 64.0 cm³/mol. The lowest BCUT2D eigenvalue weighted by Gasteiger charge is -2.13. The van der Waals surface area contributed by atoms with Gasteiger partial charge in [-0.3, -0.25) is 0 Å². The van der Waals surface area contributed by atoms with Crippen LogP contribution in [0.2, 0.25) is 0 Å². The van der Waals surface area contributed by atoms with Crippen molar-refractivity contribution in [1.82, 2.24) is 5.32 Å². The van der Waals surface area contributed by atoms with Crippen molar-refractivity contribution in [2.45, 2.75) is 32.9 Å². The van der Waals surface area contributed by atoms with Gasteiger partial charge >= 0.3 is 0 Å². The fraction of sp³-hybridized carbons (Fsp3) is 0.538. The molecular formula is C13H21NO. The molecule has 0 spiro atoms. The predicted octanol–water partition coefficient (Wildman–Crippen LogP) is 2.51. The molecule has 1 rings (SSSR count). The lowest BCUT2D eigenvalue weighted by molar-refractivity contribution is 0.184. The summed E-state index contributed by atoms with van der Waals surface area (Å²) in [7, 11) is 1.74. The van der Waals surface area contributed by atoms with Gasteiger partial charge in [-0.2, -0.15) is 0 Å². The van der Waals surface area contributed by atoms with Gasteiger partial charge in [0.05, 0.1) is 0 Å². The molecule has 1 aromatic rings. The first-order chi connectivity index (χ1) is 7.22. The molecule has 0 aromatic heterocycles. The average Bonchev–Trinajstić information content (AvgIpc) is 2.23. The molecule has 1 aromatic carbocycles. The highest BCUT2D eigenvalue weighted by Gasteiger charge is 2.00. The summed E-state index contributed by atoms with van der Waals surface area (Å²) in [5, 5.41) is 3.48. The maximum atomic E-state index is 5.04. The topological polar surface area (TPSA) is 21.3 Å². The molecule has 0 heterocycles. The Morgan fingerprint density at radius 3 is 2.87 bits per heavy atom. The molecule has 0 fully saturated rings. The molecule has 0 saturated carbocycles. The molecule has 0 bridgehead atoms. The SMILES string of the molecule is COCCC(C)NCc1cccc(C)c1. The van der Waals surface area contributed by atoms with Crippen LogP contribution >= 0.6 is 0 Å². The van der Waals surface area contributed by atoms with Crippen LogP contribution in [0.4, 0.5) is 0 Å². The zero-order chi connectivity index (χ0) is 11.1. The highest BCUT2D eigenvalue weighted by atomic mass is 16.5. The van der Waals surface area contributed by atoms with Crippen LogP contribution in [0, 0.1) is 6.92 Å². The van der Waals surface area contributed by atoms with Gasteiger partial charge in [0.15, 0.2) is 0 Å². The third kappa shape index (κ3) is 4.96. The minimum atomic E-state index is 0.505. The van der Waals surface area contributed by atoms with Crippen molar-refractivity contribution in [2.75, 3.05) is 13.7 Å². The van der Waals surface area contributed by atoms with Crippen molar-refractivity contribution >= 4 is 0 Å². The van der Waals surface area contributed by atoms with Crippen LogP contribution < -0.4 is 5.32 Å². The normalized spacial score (nSPS) is 12.7. The van der Waals surface area contributed by atoms with E-state index in [1.165, 1.54) is 11.1 Å². The van der Waals surface area contributed by atoms with Crippen molar-refractivity contribution in [2.24, 2.45) is 0 Å². The Hall–Kier alpha value is -0.860. The molecule has 0 aliphatic rings. The number of rotatable bonds is 6. The van der Waals surface area contributed by atoms with Crippen LogP contribution in [-0.4, -0.2) is 19.8 Å². The molecule has 2 heteroatoms. The minimum absolute atomic E-state index is 0.505. The third-order valence-electron chi connectivity index (χ3n) is 2.49. The Kier molecular flexibility index (Phi) is 5.37. The van der Waals surface area contributed by atoms with Crippen molar-refractivity contribution in [1.29, 1.82) is 0 Å². The van der Waals surface area contributed by atoms with E-state index in [0.29, 0.717) is 6.04 Å². The Bertz CT molecular complexity index is 286. The van der Waals surface area contributed by atoms with E-state index in [1.54, 1.807) is 7.11 Å². The minimum Gasteiger partial charge on any atom is -0.385 e. The van der Waals surface area contributed by atoms with Gasteiger partial charge in [0.25, 0.3) is 0 Å². The lowest BCUT2D eigenvalue weighted by Crippen LogP contribution is -2.26. The third-order valence-corrected chi connectivity index (χ3v) is 2.49. The molecule has 0 aliphatic heterocycles. The van der Waals surface area contributed by atoms with Crippen molar-refractivity contribution in [3.05, 3.63) is 35.4 Å². The Morgan fingerprint density at radius 1 is 1.40 bits per heavy atom. The number of methoxy groups -OCH3 is 1. The number of hydrogen-bond acceptors (Lipinski definition) is 2. The maximum Gasteiger partial charge on any atom is 0.0476 e. The van der Waals surface area contributed by atoms with Gasteiger partial charge in [0.1, 0.15) is 0 Å². The number of benzene rings is 1. The van der Waals surface area contributed by atoms with Crippen molar-refractivity contribution < 1.29 is 4.74 Å². The Labute approximate surface area is 92.6 Å². The van der Waals surface area contributed by atoms with Crippen molar-refractivity contribution in [3.63, 3.8) is 0 Å². The summed E-state index contributed by atoms with van der Waals surface area (Å²) in [6, 6.07) is 9.11. The molecular weight excluding hydrogens is 186 g/mol. The number of aryl methyl sites for hydroxylation is 1. The van der Waals surface area contributed by atoms with Crippen LogP contribution in [-0.2, 0) is 11.3 Å². The quantitative estimate of drug-likeness (QED) is 0.774. The van der Waals surface area contributed by atoms with E-state index in [9.17, 15) is 0 Å². The molecule has 0 aliphatic carbocycles. The summed E-state index contributed by atoms with van der Waals surface area (Å²) in [4.78, 5) is 0. The van der Waals surface area contributed by atoms with E-state index >= 15 is 0 Å². The van der Waals surface area contributed by atoms with Crippen LogP contribution in [0.3, 0.4) is 0 Å². The summed E-state index contributed by atoms with van der Waals surface area (Å²) in [5.41, 5.74) is 2.66. The second-order valence-corrected chi connectivity index (χ2v) is 4.05. The number of hydrogen-bond donors (Lipinski definition) is 1. The molecule has 1 unspecified atom stereocenters. The second-order valence-electron chi connectivity index (χ2n) is 4.05. The molecule has 1 N–H and O–H groups in total. The fourth-order valence-electron chi connectivity index (χ4n) is 1.51. The van der Waals surface area contributed by atoms with E-state index in [0.717, 1.165) is 19.6 Å². The zero-order valence-corrected chi connectivity index (χ0v) is 9.92. The zero-order valence-electron chi connectivity index (χ0n) is 9.92. The molecule has 0 saturated heterocycles. The monoisotopic (exact) mass is 207 g/mol. The Balaban J connectivity index is 2.30. The molecule has 84 valence electrons. The van der Waals surface area contributed by atoms with E-state index in [-0.39, 0.29) is 0 Å².